The van der Waals surface area contributed by atoms with Crippen LogP contribution < -0.4 is 0 Å². The van der Waals surface area contributed by atoms with Crippen LogP contribution in [0.1, 0.15) is 18.4 Å². The Hall–Kier alpha value is -0.860. The third-order valence-corrected chi connectivity index (χ3v) is 3.90. The minimum absolute atomic E-state index is 0.475. The van der Waals surface area contributed by atoms with E-state index in [9.17, 15) is 0 Å². The molecule has 4 rings (SSSR count). The van der Waals surface area contributed by atoms with E-state index < -0.39 is 0 Å². The average Bonchev–Trinajstić information content (AvgIpc) is 2.39. The van der Waals surface area contributed by atoms with E-state index in [2.05, 4.69) is 35.2 Å². The van der Waals surface area contributed by atoms with Crippen molar-refractivity contribution in [1.82, 2.24) is 4.90 Å². The predicted octanol–water partition coefficient (Wildman–Crippen LogP) is 2.30. The van der Waals surface area contributed by atoms with Crippen molar-refractivity contribution in [3.8, 4) is 0 Å². The Morgan fingerprint density at radius 3 is 2.50 bits per heavy atom. The van der Waals surface area contributed by atoms with Crippen LogP contribution in [0.5, 0.6) is 0 Å². The second kappa shape index (κ2) is 4.56. The summed E-state index contributed by atoms with van der Waals surface area (Å²) in [6.45, 7) is 4.50. The summed E-state index contributed by atoms with van der Waals surface area (Å²) < 4.78 is 6.06. The molecule has 3 fully saturated rings. The molecule has 16 heavy (non-hydrogen) atoms. The number of benzene rings is 1. The molecule has 3 aliphatic heterocycles. The van der Waals surface area contributed by atoms with Crippen LogP contribution in [0.2, 0.25) is 0 Å². The van der Waals surface area contributed by atoms with Crippen molar-refractivity contribution in [2.45, 2.75) is 25.6 Å². The van der Waals surface area contributed by atoms with Gasteiger partial charge in [-0.25, -0.2) is 0 Å². The molecule has 2 heteroatoms. The highest BCUT2D eigenvalue weighted by molar-refractivity contribution is 5.13. The number of nitrogens with zero attached hydrogens (tertiary/aromatic N) is 1. The summed E-state index contributed by atoms with van der Waals surface area (Å²) >= 11 is 0. The van der Waals surface area contributed by atoms with E-state index in [1.54, 1.807) is 0 Å². The molecule has 0 aromatic heterocycles. The maximum absolute atomic E-state index is 6.06. The molecule has 0 aliphatic carbocycles. The maximum Gasteiger partial charge on any atom is 0.0735 e. The van der Waals surface area contributed by atoms with Gasteiger partial charge in [-0.2, -0.15) is 0 Å². The number of fused-ring (bicyclic) bond motifs is 3. The first-order valence-corrected chi connectivity index (χ1v) is 6.30. The molecule has 3 saturated heterocycles. The van der Waals surface area contributed by atoms with Gasteiger partial charge in [0.25, 0.3) is 0 Å². The van der Waals surface area contributed by atoms with E-state index in [4.69, 9.17) is 4.74 Å². The van der Waals surface area contributed by atoms with Crippen LogP contribution in [0, 0.1) is 5.92 Å². The van der Waals surface area contributed by atoms with Gasteiger partial charge in [0.05, 0.1) is 12.7 Å². The summed E-state index contributed by atoms with van der Waals surface area (Å²) in [4.78, 5) is 2.54. The SMILES string of the molecule is c1ccc(COC2CN3CCC2CC3)cc1. The topological polar surface area (TPSA) is 12.5 Å². The second-order valence-electron chi connectivity index (χ2n) is 4.97. The Balaban J connectivity index is 1.56. The number of rotatable bonds is 3. The number of ether oxygens (including phenoxy) is 1. The monoisotopic (exact) mass is 217 g/mol. The maximum atomic E-state index is 6.06. The molecule has 1 atom stereocenters. The largest absolute Gasteiger partial charge is 0.372 e. The zero-order valence-electron chi connectivity index (χ0n) is 9.64. The Labute approximate surface area is 97.2 Å². The van der Waals surface area contributed by atoms with Gasteiger partial charge in [-0.1, -0.05) is 30.3 Å². The van der Waals surface area contributed by atoms with E-state index in [-0.39, 0.29) is 0 Å². The van der Waals surface area contributed by atoms with Crippen LogP contribution in [0.15, 0.2) is 30.3 Å². The fourth-order valence-electron chi connectivity index (χ4n) is 2.88. The van der Waals surface area contributed by atoms with Crippen molar-refractivity contribution in [3.05, 3.63) is 35.9 Å². The Morgan fingerprint density at radius 1 is 1.12 bits per heavy atom. The van der Waals surface area contributed by atoms with Crippen molar-refractivity contribution in [1.29, 1.82) is 0 Å². The molecule has 0 saturated carbocycles. The summed E-state index contributed by atoms with van der Waals surface area (Å²) in [5.41, 5.74) is 1.29. The highest BCUT2D eigenvalue weighted by Gasteiger charge is 2.34. The fourth-order valence-corrected chi connectivity index (χ4v) is 2.88. The molecule has 0 amide bonds. The molecular formula is C14H19NO. The minimum Gasteiger partial charge on any atom is -0.372 e. The molecule has 1 aromatic rings. The quantitative estimate of drug-likeness (QED) is 0.770. The van der Waals surface area contributed by atoms with Crippen molar-refractivity contribution in [3.63, 3.8) is 0 Å². The van der Waals surface area contributed by atoms with Crippen molar-refractivity contribution in [2.75, 3.05) is 19.6 Å². The van der Waals surface area contributed by atoms with Crippen LogP contribution in [0.4, 0.5) is 0 Å². The summed E-state index contributed by atoms with van der Waals surface area (Å²) in [6.07, 6.45) is 3.14. The average molecular weight is 217 g/mol. The van der Waals surface area contributed by atoms with Crippen molar-refractivity contribution in [2.24, 2.45) is 5.92 Å². The highest BCUT2D eigenvalue weighted by Crippen LogP contribution is 2.29. The lowest BCUT2D eigenvalue weighted by Gasteiger charge is -2.44. The molecule has 0 N–H and O–H groups in total. The van der Waals surface area contributed by atoms with Crippen LogP contribution >= 0.6 is 0 Å². The van der Waals surface area contributed by atoms with Crippen LogP contribution in [-0.4, -0.2) is 30.6 Å². The molecule has 0 spiro atoms. The van der Waals surface area contributed by atoms with Crippen molar-refractivity contribution < 1.29 is 4.74 Å². The third kappa shape index (κ3) is 2.13. The van der Waals surface area contributed by atoms with Crippen LogP contribution in [-0.2, 0) is 11.3 Å². The Bertz CT molecular complexity index is 330. The second-order valence-corrected chi connectivity index (χ2v) is 4.97. The Kier molecular flexibility index (Phi) is 2.94. The first-order valence-electron chi connectivity index (χ1n) is 6.30. The van der Waals surface area contributed by atoms with Gasteiger partial charge in [0, 0.05) is 6.54 Å². The molecule has 3 aliphatic rings. The van der Waals surface area contributed by atoms with Crippen molar-refractivity contribution >= 4 is 0 Å². The zero-order chi connectivity index (χ0) is 10.8. The normalized spacial score (nSPS) is 32.9. The lowest BCUT2D eigenvalue weighted by Crippen LogP contribution is -2.51. The smallest absolute Gasteiger partial charge is 0.0735 e. The van der Waals surface area contributed by atoms with Gasteiger partial charge >= 0.3 is 0 Å². The first-order chi connectivity index (χ1) is 7.92. The van der Waals surface area contributed by atoms with Gasteiger partial charge < -0.3 is 9.64 Å². The number of hydrogen-bond donors (Lipinski definition) is 0. The van der Waals surface area contributed by atoms with Gasteiger partial charge in [-0.3, -0.25) is 0 Å². The van der Waals surface area contributed by atoms with Gasteiger partial charge in [0.15, 0.2) is 0 Å². The zero-order valence-corrected chi connectivity index (χ0v) is 9.64. The van der Waals surface area contributed by atoms with Gasteiger partial charge in [-0.15, -0.1) is 0 Å². The molecule has 1 aromatic carbocycles. The molecule has 86 valence electrons. The summed E-state index contributed by atoms with van der Waals surface area (Å²) in [5, 5.41) is 0. The Morgan fingerprint density at radius 2 is 1.88 bits per heavy atom. The fraction of sp³-hybridized carbons (Fsp3) is 0.571. The molecule has 3 heterocycles. The summed E-state index contributed by atoms with van der Waals surface area (Å²) in [7, 11) is 0. The lowest BCUT2D eigenvalue weighted by atomic mass is 9.86. The van der Waals surface area contributed by atoms with Gasteiger partial charge in [-0.05, 0) is 37.4 Å². The molecule has 2 bridgehead atoms. The summed E-state index contributed by atoms with van der Waals surface area (Å²) in [5.74, 6) is 0.814. The minimum atomic E-state index is 0.475. The van der Waals surface area contributed by atoms with Gasteiger partial charge in [0.1, 0.15) is 0 Å². The molecular weight excluding hydrogens is 198 g/mol. The highest BCUT2D eigenvalue weighted by atomic mass is 16.5. The van der Waals surface area contributed by atoms with E-state index in [0.29, 0.717) is 6.10 Å². The third-order valence-electron chi connectivity index (χ3n) is 3.90. The lowest BCUT2D eigenvalue weighted by molar-refractivity contribution is -0.0765. The first kappa shape index (κ1) is 10.3. The summed E-state index contributed by atoms with van der Waals surface area (Å²) in [6, 6.07) is 10.5. The molecule has 1 unspecified atom stereocenters. The van der Waals surface area contributed by atoms with Gasteiger partial charge in [0.2, 0.25) is 0 Å². The molecule has 2 nitrogen and oxygen atoms in total. The van der Waals surface area contributed by atoms with E-state index in [1.165, 1.54) is 31.5 Å². The van der Waals surface area contributed by atoms with E-state index in [1.807, 2.05) is 0 Å². The van der Waals surface area contributed by atoms with Crippen LogP contribution in [0.3, 0.4) is 0 Å². The number of hydrogen-bond acceptors (Lipinski definition) is 2. The van der Waals surface area contributed by atoms with E-state index >= 15 is 0 Å². The molecule has 0 radical (unpaired) electrons. The standard InChI is InChI=1S/C14H19NO/c1-2-4-12(5-3-1)11-16-14-10-15-8-6-13(14)7-9-15/h1-5,13-14H,6-11H2. The van der Waals surface area contributed by atoms with E-state index in [0.717, 1.165) is 19.1 Å². The van der Waals surface area contributed by atoms with Crippen LogP contribution in [0.25, 0.3) is 0 Å². The predicted molar refractivity (Wildman–Crippen MR) is 64.2 cm³/mol. The number of piperidine rings is 3.